The van der Waals surface area contributed by atoms with E-state index in [0.29, 0.717) is 37.5 Å². The van der Waals surface area contributed by atoms with Gasteiger partial charge in [-0.15, -0.1) is 0 Å². The molecule has 0 amide bonds. The fourth-order valence-corrected chi connectivity index (χ4v) is 2.82. The van der Waals surface area contributed by atoms with Crippen LogP contribution in [0.25, 0.3) is 22.4 Å². The van der Waals surface area contributed by atoms with Gasteiger partial charge < -0.3 is 10.2 Å². The summed E-state index contributed by atoms with van der Waals surface area (Å²) in [6, 6.07) is 11.1. The van der Waals surface area contributed by atoms with Crippen LogP contribution < -0.4 is 0 Å². The second kappa shape index (κ2) is 6.24. The Bertz CT molecular complexity index is 883. The summed E-state index contributed by atoms with van der Waals surface area (Å²) in [7, 11) is 0. The van der Waals surface area contributed by atoms with Gasteiger partial charge >= 0.3 is 6.01 Å². The number of benzene rings is 2. The Morgan fingerprint density at radius 3 is 2.09 bits per heavy atom. The van der Waals surface area contributed by atoms with Crippen molar-refractivity contribution in [2.24, 2.45) is 0 Å². The van der Waals surface area contributed by atoms with E-state index in [1.807, 2.05) is 0 Å². The zero-order valence-corrected chi connectivity index (χ0v) is 13.7. The van der Waals surface area contributed by atoms with Crippen LogP contribution in [0.2, 0.25) is 15.1 Å². The van der Waals surface area contributed by atoms with Gasteiger partial charge in [0.15, 0.2) is 0 Å². The summed E-state index contributed by atoms with van der Waals surface area (Å²) in [5.41, 5.74) is 1.77. The molecule has 7 heteroatoms. The molecule has 23 heavy (non-hydrogen) atoms. The third-order valence-electron chi connectivity index (χ3n) is 3.20. The molecular formula is C16H9Cl3N2O2. The predicted molar refractivity (Wildman–Crippen MR) is 91.3 cm³/mol. The minimum absolute atomic E-state index is 0.291. The van der Waals surface area contributed by atoms with Crippen molar-refractivity contribution in [1.82, 2.24) is 9.97 Å². The first-order valence-electron chi connectivity index (χ1n) is 6.47. The Balaban J connectivity index is 2.29. The lowest BCUT2D eigenvalue weighted by Gasteiger charge is -2.12. The van der Waals surface area contributed by atoms with Crippen LogP contribution in [0.4, 0.5) is 0 Å². The maximum Gasteiger partial charge on any atom is 0.317 e. The minimum atomic E-state index is -0.554. The molecule has 0 saturated carbocycles. The molecule has 0 aliphatic heterocycles. The topological polar surface area (TPSA) is 66.2 Å². The molecule has 1 heterocycles. The number of rotatable bonds is 2. The van der Waals surface area contributed by atoms with Gasteiger partial charge in [-0.3, -0.25) is 0 Å². The van der Waals surface area contributed by atoms with Crippen LogP contribution in [0.15, 0.2) is 42.5 Å². The molecule has 0 bridgehead atoms. The van der Waals surface area contributed by atoms with E-state index < -0.39 is 6.01 Å². The molecule has 0 radical (unpaired) electrons. The van der Waals surface area contributed by atoms with Crippen LogP contribution in [0.3, 0.4) is 0 Å². The van der Waals surface area contributed by atoms with Gasteiger partial charge in [0.05, 0.1) is 16.3 Å². The van der Waals surface area contributed by atoms with Crippen molar-refractivity contribution in [2.45, 2.75) is 0 Å². The van der Waals surface area contributed by atoms with Gasteiger partial charge in [-0.2, -0.15) is 9.97 Å². The molecule has 116 valence electrons. The zero-order valence-electron chi connectivity index (χ0n) is 11.5. The van der Waals surface area contributed by atoms with E-state index in [-0.39, 0.29) is 5.88 Å². The monoisotopic (exact) mass is 366 g/mol. The summed E-state index contributed by atoms with van der Waals surface area (Å²) >= 11 is 18.0. The third kappa shape index (κ3) is 3.20. The van der Waals surface area contributed by atoms with Gasteiger partial charge in [0.1, 0.15) is 0 Å². The van der Waals surface area contributed by atoms with Crippen LogP contribution in [0.1, 0.15) is 0 Å². The number of aromatic nitrogens is 2. The van der Waals surface area contributed by atoms with Crippen LogP contribution in [-0.2, 0) is 0 Å². The van der Waals surface area contributed by atoms with Crippen molar-refractivity contribution in [3.63, 3.8) is 0 Å². The third-order valence-corrected chi connectivity index (χ3v) is 4.00. The van der Waals surface area contributed by atoms with Crippen LogP contribution in [0.5, 0.6) is 11.9 Å². The molecule has 4 nitrogen and oxygen atoms in total. The second-order valence-electron chi connectivity index (χ2n) is 4.70. The minimum Gasteiger partial charge on any atom is -0.493 e. The van der Waals surface area contributed by atoms with Crippen LogP contribution in [0, 0.1) is 0 Å². The van der Waals surface area contributed by atoms with Crippen molar-refractivity contribution in [3.05, 3.63) is 57.5 Å². The first kappa shape index (κ1) is 15.9. The standard InChI is InChI=1S/C16H9Cl3N2O2/c17-9-3-1-8(2-4-9)13-14(20-16(23)21-15(13)22)11-6-5-10(18)7-12(11)19/h1-7H,(H2,20,21,22,23). The molecule has 0 aliphatic carbocycles. The molecule has 3 rings (SSSR count). The molecule has 0 fully saturated rings. The number of nitrogens with zero attached hydrogens (tertiary/aromatic N) is 2. The quantitative estimate of drug-likeness (QED) is 0.655. The second-order valence-corrected chi connectivity index (χ2v) is 5.98. The van der Waals surface area contributed by atoms with Crippen LogP contribution >= 0.6 is 34.8 Å². The number of hydrogen-bond acceptors (Lipinski definition) is 4. The maximum atomic E-state index is 10.2. The Kier molecular flexibility index (Phi) is 4.31. The van der Waals surface area contributed by atoms with E-state index in [1.165, 1.54) is 0 Å². The van der Waals surface area contributed by atoms with E-state index in [9.17, 15) is 10.2 Å². The Morgan fingerprint density at radius 2 is 1.43 bits per heavy atom. The highest BCUT2D eigenvalue weighted by Gasteiger charge is 2.19. The normalized spacial score (nSPS) is 10.7. The van der Waals surface area contributed by atoms with Gasteiger partial charge in [-0.25, -0.2) is 0 Å². The average molecular weight is 368 g/mol. The fraction of sp³-hybridized carbons (Fsp3) is 0. The van der Waals surface area contributed by atoms with Gasteiger partial charge in [-0.1, -0.05) is 46.9 Å². The summed E-state index contributed by atoms with van der Waals surface area (Å²) in [5.74, 6) is -0.360. The molecule has 0 spiro atoms. The summed E-state index contributed by atoms with van der Waals surface area (Å²) < 4.78 is 0. The number of aromatic hydroxyl groups is 2. The molecule has 0 atom stereocenters. The van der Waals surface area contributed by atoms with Crippen LogP contribution in [-0.4, -0.2) is 20.2 Å². The molecule has 0 unspecified atom stereocenters. The highest BCUT2D eigenvalue weighted by Crippen LogP contribution is 2.40. The molecule has 0 saturated heterocycles. The summed E-state index contributed by atoms with van der Waals surface area (Å²) in [6.07, 6.45) is 0. The largest absolute Gasteiger partial charge is 0.493 e. The lowest BCUT2D eigenvalue weighted by molar-refractivity contribution is 0.399. The highest BCUT2D eigenvalue weighted by atomic mass is 35.5. The zero-order chi connectivity index (χ0) is 16.6. The van der Waals surface area contributed by atoms with E-state index >= 15 is 0 Å². The van der Waals surface area contributed by atoms with Gasteiger partial charge in [0.2, 0.25) is 5.88 Å². The van der Waals surface area contributed by atoms with E-state index in [1.54, 1.807) is 42.5 Å². The first-order valence-corrected chi connectivity index (χ1v) is 7.60. The Hall–Kier alpha value is -2.01. The maximum absolute atomic E-state index is 10.2. The summed E-state index contributed by atoms with van der Waals surface area (Å²) in [4.78, 5) is 7.62. The molecule has 1 aromatic heterocycles. The molecule has 0 aliphatic rings. The molecular weight excluding hydrogens is 359 g/mol. The fourth-order valence-electron chi connectivity index (χ4n) is 2.20. The summed E-state index contributed by atoms with van der Waals surface area (Å²) in [6.45, 7) is 0. The summed E-state index contributed by atoms with van der Waals surface area (Å²) in [5, 5.41) is 21.2. The van der Waals surface area contributed by atoms with E-state index in [2.05, 4.69) is 9.97 Å². The molecule has 2 aromatic carbocycles. The predicted octanol–water partition coefficient (Wildman–Crippen LogP) is 5.18. The first-order chi connectivity index (χ1) is 11.0. The van der Waals surface area contributed by atoms with Gasteiger partial charge in [-0.05, 0) is 35.9 Å². The van der Waals surface area contributed by atoms with Crippen molar-refractivity contribution >= 4 is 34.8 Å². The average Bonchev–Trinajstić information content (AvgIpc) is 2.48. The SMILES string of the molecule is Oc1nc(O)c(-c2ccc(Cl)cc2)c(-c2ccc(Cl)cc2Cl)n1. The van der Waals surface area contributed by atoms with Crippen molar-refractivity contribution in [3.8, 4) is 34.3 Å². The number of halogens is 3. The van der Waals surface area contributed by atoms with Gasteiger partial charge in [0, 0.05) is 15.6 Å². The Labute approximate surface area is 146 Å². The lowest BCUT2D eigenvalue weighted by atomic mass is 10.00. The Morgan fingerprint density at radius 1 is 0.783 bits per heavy atom. The highest BCUT2D eigenvalue weighted by molar-refractivity contribution is 6.36. The number of hydrogen-bond donors (Lipinski definition) is 2. The molecule has 3 aromatic rings. The molecule has 2 N–H and O–H groups in total. The van der Waals surface area contributed by atoms with Crippen molar-refractivity contribution in [1.29, 1.82) is 0 Å². The lowest BCUT2D eigenvalue weighted by Crippen LogP contribution is -1.94. The van der Waals surface area contributed by atoms with E-state index in [0.717, 1.165) is 0 Å². The van der Waals surface area contributed by atoms with Crippen molar-refractivity contribution in [2.75, 3.05) is 0 Å². The smallest absolute Gasteiger partial charge is 0.317 e. The van der Waals surface area contributed by atoms with Crippen molar-refractivity contribution < 1.29 is 10.2 Å². The van der Waals surface area contributed by atoms with E-state index in [4.69, 9.17) is 34.8 Å². The van der Waals surface area contributed by atoms with Gasteiger partial charge in [0.25, 0.3) is 0 Å².